The lowest BCUT2D eigenvalue weighted by atomic mass is 10.1. The lowest BCUT2D eigenvalue weighted by molar-refractivity contribution is 0.0758. The number of rotatable bonds is 3. The average molecular weight is 346 g/mol. The Morgan fingerprint density at radius 3 is 2.83 bits per heavy atom. The van der Waals surface area contributed by atoms with Gasteiger partial charge in [-0.15, -0.1) is 0 Å². The maximum absolute atomic E-state index is 12.6. The van der Waals surface area contributed by atoms with E-state index in [2.05, 4.69) is 16.0 Å². The molecule has 1 aromatic carbocycles. The van der Waals surface area contributed by atoms with Crippen molar-refractivity contribution < 1.29 is 9.90 Å². The number of carbonyl (C=O) groups is 1. The number of amides is 1. The topological polar surface area (TPSA) is 56.7 Å². The number of hydrogen-bond acceptors (Lipinski definition) is 4. The molecule has 0 unspecified atom stereocenters. The summed E-state index contributed by atoms with van der Waals surface area (Å²) in [6.45, 7) is 3.90. The minimum atomic E-state index is -0.146. The van der Waals surface area contributed by atoms with Gasteiger partial charge < -0.3 is 10.0 Å². The van der Waals surface area contributed by atoms with Crippen molar-refractivity contribution in [3.8, 4) is 5.75 Å². The van der Waals surface area contributed by atoms with Crippen molar-refractivity contribution in [2.24, 2.45) is 0 Å². The molecule has 2 heterocycles. The van der Waals surface area contributed by atoms with Gasteiger partial charge in [0.05, 0.1) is 5.56 Å². The highest BCUT2D eigenvalue weighted by molar-refractivity contribution is 6.30. The fourth-order valence-corrected chi connectivity index (χ4v) is 3.10. The number of phenolic OH excluding ortho intramolecular Hbond substituents is 1. The molecule has 1 saturated heterocycles. The first-order valence-electron chi connectivity index (χ1n) is 8.02. The van der Waals surface area contributed by atoms with E-state index in [4.69, 9.17) is 11.6 Å². The highest BCUT2D eigenvalue weighted by atomic mass is 35.5. The quantitative estimate of drug-likeness (QED) is 0.929. The Morgan fingerprint density at radius 1 is 1.21 bits per heavy atom. The van der Waals surface area contributed by atoms with Crippen LogP contribution >= 0.6 is 11.6 Å². The Bertz CT molecular complexity index is 709. The zero-order valence-corrected chi connectivity index (χ0v) is 14.1. The van der Waals surface area contributed by atoms with Crippen molar-refractivity contribution in [2.45, 2.75) is 13.0 Å². The average Bonchev–Trinajstić information content (AvgIpc) is 2.81. The second-order valence-corrected chi connectivity index (χ2v) is 6.38. The van der Waals surface area contributed by atoms with Crippen molar-refractivity contribution >= 4 is 17.5 Å². The van der Waals surface area contributed by atoms with E-state index < -0.39 is 0 Å². The molecule has 2 aromatic rings. The Balaban J connectivity index is 1.63. The van der Waals surface area contributed by atoms with Gasteiger partial charge in [0.1, 0.15) is 5.75 Å². The van der Waals surface area contributed by atoms with Crippen molar-refractivity contribution in [1.82, 2.24) is 14.8 Å². The molecule has 5 nitrogen and oxygen atoms in total. The van der Waals surface area contributed by atoms with E-state index in [1.165, 1.54) is 11.6 Å². The number of nitrogens with zero attached hydrogens (tertiary/aromatic N) is 3. The number of benzene rings is 1. The molecule has 0 saturated carbocycles. The van der Waals surface area contributed by atoms with Crippen molar-refractivity contribution in [3.63, 3.8) is 0 Å². The number of pyridine rings is 1. The zero-order chi connectivity index (χ0) is 16.9. The van der Waals surface area contributed by atoms with Gasteiger partial charge in [-0.1, -0.05) is 17.7 Å². The van der Waals surface area contributed by atoms with Gasteiger partial charge in [-0.05, 0) is 36.2 Å². The third-order valence-corrected chi connectivity index (χ3v) is 4.43. The number of hydrogen-bond donors (Lipinski definition) is 1. The SMILES string of the molecule is O=C(c1ccc(Cl)cc1O)N1CCCN(Cc2cccnc2)CC1. The molecule has 126 valence electrons. The Kier molecular flexibility index (Phi) is 5.33. The van der Waals surface area contributed by atoms with Crippen LogP contribution in [-0.2, 0) is 6.54 Å². The minimum absolute atomic E-state index is 0.0658. The van der Waals surface area contributed by atoms with Gasteiger partial charge in [0.2, 0.25) is 0 Å². The monoisotopic (exact) mass is 345 g/mol. The van der Waals surface area contributed by atoms with E-state index in [1.807, 2.05) is 12.3 Å². The van der Waals surface area contributed by atoms with Crippen LogP contribution in [0.15, 0.2) is 42.7 Å². The maximum atomic E-state index is 12.6. The van der Waals surface area contributed by atoms with Crippen LogP contribution < -0.4 is 0 Å². The van der Waals surface area contributed by atoms with Gasteiger partial charge in [0.25, 0.3) is 5.91 Å². The number of carbonyl (C=O) groups excluding carboxylic acids is 1. The standard InChI is InChI=1S/C18H20ClN3O2/c19-15-4-5-16(17(23)11-15)18(24)22-8-2-7-21(9-10-22)13-14-3-1-6-20-12-14/h1,3-6,11-12,23H,2,7-10,13H2. The molecular weight excluding hydrogens is 326 g/mol. The van der Waals surface area contributed by atoms with Crippen LogP contribution in [-0.4, -0.2) is 52.0 Å². The van der Waals surface area contributed by atoms with Gasteiger partial charge in [0.15, 0.2) is 0 Å². The molecule has 1 aliphatic rings. The van der Waals surface area contributed by atoms with Gasteiger partial charge in [-0.3, -0.25) is 14.7 Å². The van der Waals surface area contributed by atoms with E-state index in [0.29, 0.717) is 23.7 Å². The molecule has 0 aliphatic carbocycles. The summed E-state index contributed by atoms with van der Waals surface area (Å²) in [6, 6.07) is 8.61. The first kappa shape index (κ1) is 16.7. The molecule has 3 rings (SSSR count). The van der Waals surface area contributed by atoms with Crippen LogP contribution in [0.5, 0.6) is 5.75 Å². The first-order valence-corrected chi connectivity index (χ1v) is 8.40. The molecule has 0 bridgehead atoms. The molecular formula is C18H20ClN3O2. The highest BCUT2D eigenvalue weighted by Gasteiger charge is 2.22. The number of aromatic hydroxyl groups is 1. The van der Waals surface area contributed by atoms with Gasteiger partial charge in [-0.25, -0.2) is 0 Å². The fraction of sp³-hybridized carbons (Fsp3) is 0.333. The summed E-state index contributed by atoms with van der Waals surface area (Å²) in [7, 11) is 0. The second kappa shape index (κ2) is 7.64. The highest BCUT2D eigenvalue weighted by Crippen LogP contribution is 2.23. The summed E-state index contributed by atoms with van der Waals surface area (Å²) in [5.41, 5.74) is 1.48. The molecule has 1 N–H and O–H groups in total. The number of halogens is 1. The van der Waals surface area contributed by atoms with Crippen molar-refractivity contribution in [1.29, 1.82) is 0 Å². The number of aromatic nitrogens is 1. The smallest absolute Gasteiger partial charge is 0.257 e. The van der Waals surface area contributed by atoms with Crippen molar-refractivity contribution in [3.05, 3.63) is 58.9 Å². The Morgan fingerprint density at radius 2 is 2.08 bits per heavy atom. The van der Waals surface area contributed by atoms with Crippen LogP contribution in [0.3, 0.4) is 0 Å². The lowest BCUT2D eigenvalue weighted by Crippen LogP contribution is -2.35. The Labute approximate surface area is 146 Å². The van der Waals surface area contributed by atoms with Gasteiger partial charge in [-0.2, -0.15) is 0 Å². The van der Waals surface area contributed by atoms with Crippen LogP contribution in [0, 0.1) is 0 Å². The van der Waals surface area contributed by atoms with E-state index >= 15 is 0 Å². The maximum Gasteiger partial charge on any atom is 0.257 e. The van der Waals surface area contributed by atoms with E-state index in [9.17, 15) is 9.90 Å². The van der Waals surface area contributed by atoms with Gasteiger partial charge >= 0.3 is 0 Å². The second-order valence-electron chi connectivity index (χ2n) is 5.94. The lowest BCUT2D eigenvalue weighted by Gasteiger charge is -2.22. The van der Waals surface area contributed by atoms with E-state index in [0.717, 1.165) is 26.1 Å². The van der Waals surface area contributed by atoms with E-state index in [1.54, 1.807) is 23.2 Å². The molecule has 1 aliphatic heterocycles. The molecule has 1 aromatic heterocycles. The molecule has 6 heteroatoms. The summed E-state index contributed by atoms with van der Waals surface area (Å²) < 4.78 is 0. The van der Waals surface area contributed by atoms with Crippen LogP contribution in [0.25, 0.3) is 0 Å². The molecule has 0 radical (unpaired) electrons. The summed E-state index contributed by atoms with van der Waals surface area (Å²) >= 11 is 5.83. The largest absolute Gasteiger partial charge is 0.507 e. The summed E-state index contributed by atoms with van der Waals surface area (Å²) in [4.78, 5) is 20.9. The normalized spacial score (nSPS) is 16.0. The summed E-state index contributed by atoms with van der Waals surface area (Å²) in [6.07, 6.45) is 4.55. The zero-order valence-electron chi connectivity index (χ0n) is 13.4. The summed E-state index contributed by atoms with van der Waals surface area (Å²) in [5.74, 6) is -0.212. The molecule has 0 atom stereocenters. The molecule has 1 amide bonds. The summed E-state index contributed by atoms with van der Waals surface area (Å²) in [5, 5.41) is 10.4. The first-order chi connectivity index (χ1) is 11.6. The Hall–Kier alpha value is -2.11. The molecule has 24 heavy (non-hydrogen) atoms. The van der Waals surface area contributed by atoms with Crippen LogP contribution in [0.2, 0.25) is 5.02 Å². The number of phenols is 1. The van der Waals surface area contributed by atoms with E-state index in [-0.39, 0.29) is 11.7 Å². The van der Waals surface area contributed by atoms with Crippen molar-refractivity contribution in [2.75, 3.05) is 26.2 Å². The molecule has 1 fully saturated rings. The predicted molar refractivity (Wildman–Crippen MR) is 93.2 cm³/mol. The minimum Gasteiger partial charge on any atom is -0.507 e. The predicted octanol–water partition coefficient (Wildman–Crippen LogP) is 2.79. The van der Waals surface area contributed by atoms with Crippen LogP contribution in [0.4, 0.5) is 0 Å². The van der Waals surface area contributed by atoms with Gasteiger partial charge in [0, 0.05) is 50.1 Å². The van der Waals surface area contributed by atoms with Crippen LogP contribution in [0.1, 0.15) is 22.3 Å². The third kappa shape index (κ3) is 4.04. The molecule has 0 spiro atoms. The third-order valence-electron chi connectivity index (χ3n) is 4.19. The fourth-order valence-electron chi connectivity index (χ4n) is 2.94.